The lowest BCUT2D eigenvalue weighted by molar-refractivity contribution is 0.148. The minimum Gasteiger partial charge on any atom is -0.386 e. The highest BCUT2D eigenvalue weighted by Crippen LogP contribution is 2.40. The summed E-state index contributed by atoms with van der Waals surface area (Å²) < 4.78 is 31.3. The van der Waals surface area contributed by atoms with Crippen molar-refractivity contribution in [1.29, 1.82) is 0 Å². The van der Waals surface area contributed by atoms with Crippen molar-refractivity contribution in [2.45, 2.75) is 64.1 Å². The Kier molecular flexibility index (Phi) is 4.87. The van der Waals surface area contributed by atoms with Gasteiger partial charge in [0.2, 0.25) is 0 Å². The highest BCUT2D eigenvalue weighted by molar-refractivity contribution is 7.86. The van der Waals surface area contributed by atoms with Crippen LogP contribution in [0.25, 0.3) is 0 Å². The second kappa shape index (κ2) is 6.98. The standard InChI is InChI=1S/C17H28N4O3S/c22-17(14-6-7-14)16-12-15-13-20(10-5-11-21(15)18-16)25(23,24)19-8-3-1-2-4-9-19/h12,14,17,22H,1-11,13H2/t17-/m0/s1. The molecule has 8 heteroatoms. The Morgan fingerprint density at radius 1 is 1.00 bits per heavy atom. The molecule has 2 fully saturated rings. The van der Waals surface area contributed by atoms with Gasteiger partial charge >= 0.3 is 0 Å². The van der Waals surface area contributed by atoms with E-state index in [2.05, 4.69) is 5.10 Å². The van der Waals surface area contributed by atoms with Crippen molar-refractivity contribution in [3.63, 3.8) is 0 Å². The number of rotatable bonds is 4. The molecule has 0 aromatic carbocycles. The van der Waals surface area contributed by atoms with Gasteiger partial charge in [-0.25, -0.2) is 0 Å². The van der Waals surface area contributed by atoms with Crippen LogP contribution in [0.5, 0.6) is 0 Å². The maximum Gasteiger partial charge on any atom is 0.282 e. The first-order chi connectivity index (χ1) is 12.1. The molecule has 0 spiro atoms. The van der Waals surface area contributed by atoms with Gasteiger partial charge in [0.25, 0.3) is 10.2 Å². The lowest BCUT2D eigenvalue weighted by Gasteiger charge is -2.28. The van der Waals surface area contributed by atoms with Crippen LogP contribution in [-0.2, 0) is 23.3 Å². The third-order valence-corrected chi connectivity index (χ3v) is 7.57. The van der Waals surface area contributed by atoms with Crippen molar-refractivity contribution < 1.29 is 13.5 Å². The Morgan fingerprint density at radius 3 is 2.36 bits per heavy atom. The van der Waals surface area contributed by atoms with E-state index in [0.717, 1.165) is 50.6 Å². The molecule has 1 aliphatic carbocycles. The summed E-state index contributed by atoms with van der Waals surface area (Å²) in [7, 11) is -3.43. The number of aliphatic hydroxyl groups is 1. The monoisotopic (exact) mass is 368 g/mol. The molecule has 1 saturated carbocycles. The van der Waals surface area contributed by atoms with Gasteiger partial charge in [0, 0.05) is 26.2 Å². The quantitative estimate of drug-likeness (QED) is 0.876. The third-order valence-electron chi connectivity index (χ3n) is 5.59. The van der Waals surface area contributed by atoms with Crippen molar-refractivity contribution in [1.82, 2.24) is 18.4 Å². The Labute approximate surface area is 149 Å². The predicted octanol–water partition coefficient (Wildman–Crippen LogP) is 1.65. The van der Waals surface area contributed by atoms with Gasteiger partial charge in [-0.15, -0.1) is 0 Å². The van der Waals surface area contributed by atoms with E-state index >= 15 is 0 Å². The zero-order valence-electron chi connectivity index (χ0n) is 14.7. The fourth-order valence-corrected chi connectivity index (χ4v) is 5.59. The summed E-state index contributed by atoms with van der Waals surface area (Å²) in [6.45, 7) is 2.85. The van der Waals surface area contributed by atoms with Crippen LogP contribution in [0.15, 0.2) is 6.07 Å². The molecule has 0 unspecified atom stereocenters. The average Bonchev–Trinajstić information content (AvgIpc) is 3.41. The Morgan fingerprint density at radius 2 is 1.68 bits per heavy atom. The summed E-state index contributed by atoms with van der Waals surface area (Å²) in [5.74, 6) is 0.330. The Balaban J connectivity index is 1.53. The molecule has 7 nitrogen and oxygen atoms in total. The zero-order valence-corrected chi connectivity index (χ0v) is 15.5. The van der Waals surface area contributed by atoms with Crippen LogP contribution in [0.3, 0.4) is 0 Å². The molecule has 1 aromatic rings. The topological polar surface area (TPSA) is 78.7 Å². The number of hydrogen-bond acceptors (Lipinski definition) is 4. The first-order valence-corrected chi connectivity index (χ1v) is 11.0. The van der Waals surface area contributed by atoms with E-state index in [-0.39, 0.29) is 0 Å². The van der Waals surface area contributed by atoms with Gasteiger partial charge in [0.05, 0.1) is 17.9 Å². The summed E-state index contributed by atoms with van der Waals surface area (Å²) in [4.78, 5) is 0. The summed E-state index contributed by atoms with van der Waals surface area (Å²) in [6.07, 6.45) is 6.47. The Bertz CT molecular complexity index is 705. The largest absolute Gasteiger partial charge is 0.386 e. The van der Waals surface area contributed by atoms with Crippen LogP contribution >= 0.6 is 0 Å². The molecule has 0 bridgehead atoms. The van der Waals surface area contributed by atoms with Gasteiger partial charge < -0.3 is 5.11 Å². The molecule has 1 saturated heterocycles. The molecule has 3 heterocycles. The molecule has 2 aliphatic heterocycles. The molecular formula is C17H28N4O3S. The van der Waals surface area contributed by atoms with E-state index in [1.165, 1.54) is 0 Å². The maximum atomic E-state index is 13.1. The molecule has 1 aromatic heterocycles. The van der Waals surface area contributed by atoms with Crippen LogP contribution in [0.4, 0.5) is 0 Å². The van der Waals surface area contributed by atoms with Gasteiger partial charge in [0.1, 0.15) is 6.10 Å². The van der Waals surface area contributed by atoms with Crippen LogP contribution in [0, 0.1) is 5.92 Å². The van der Waals surface area contributed by atoms with Gasteiger partial charge in [-0.1, -0.05) is 12.8 Å². The van der Waals surface area contributed by atoms with E-state index in [9.17, 15) is 13.5 Å². The summed E-state index contributed by atoms with van der Waals surface area (Å²) in [5, 5.41) is 14.9. The lowest BCUT2D eigenvalue weighted by atomic mass is 10.1. The molecule has 1 atom stereocenters. The lowest BCUT2D eigenvalue weighted by Crippen LogP contribution is -2.44. The van der Waals surface area contributed by atoms with Gasteiger partial charge in [-0.05, 0) is 44.1 Å². The first kappa shape index (κ1) is 17.5. The van der Waals surface area contributed by atoms with Crippen molar-refractivity contribution in [2.75, 3.05) is 19.6 Å². The smallest absolute Gasteiger partial charge is 0.282 e. The number of aromatic nitrogens is 2. The number of fused-ring (bicyclic) bond motifs is 1. The highest BCUT2D eigenvalue weighted by atomic mass is 32.2. The second-order valence-electron chi connectivity index (χ2n) is 7.57. The fourth-order valence-electron chi connectivity index (χ4n) is 3.89. The maximum absolute atomic E-state index is 13.1. The molecular weight excluding hydrogens is 340 g/mol. The molecule has 1 N–H and O–H groups in total. The molecule has 140 valence electrons. The summed E-state index contributed by atoms with van der Waals surface area (Å²) in [6, 6.07) is 1.90. The van der Waals surface area contributed by atoms with Crippen molar-refractivity contribution >= 4 is 10.2 Å². The molecule has 25 heavy (non-hydrogen) atoms. The van der Waals surface area contributed by atoms with Crippen LogP contribution < -0.4 is 0 Å². The van der Waals surface area contributed by atoms with Crippen LogP contribution in [0.1, 0.15) is 62.4 Å². The van der Waals surface area contributed by atoms with Crippen LogP contribution in [0.2, 0.25) is 0 Å². The van der Waals surface area contributed by atoms with Gasteiger partial charge in [0.15, 0.2) is 0 Å². The SMILES string of the molecule is O=S(=O)(N1CCCCCC1)N1CCCn2nc([C@@H](O)C3CC3)cc2C1. The molecule has 4 rings (SSSR count). The normalized spacial score (nSPS) is 25.2. The van der Waals surface area contributed by atoms with Crippen molar-refractivity contribution in [3.8, 4) is 0 Å². The number of aliphatic hydroxyl groups excluding tert-OH is 1. The van der Waals surface area contributed by atoms with Gasteiger partial charge in [-0.2, -0.15) is 22.1 Å². The van der Waals surface area contributed by atoms with E-state index in [4.69, 9.17) is 0 Å². The first-order valence-electron chi connectivity index (χ1n) is 9.55. The van der Waals surface area contributed by atoms with Crippen molar-refractivity contribution in [2.24, 2.45) is 5.92 Å². The van der Waals surface area contributed by atoms with Crippen molar-refractivity contribution in [3.05, 3.63) is 17.5 Å². The van der Waals surface area contributed by atoms with E-state index < -0.39 is 16.3 Å². The number of hydrogen-bond donors (Lipinski definition) is 1. The minimum atomic E-state index is -3.43. The molecule has 0 amide bonds. The predicted molar refractivity (Wildman–Crippen MR) is 93.9 cm³/mol. The second-order valence-corrected chi connectivity index (χ2v) is 9.50. The highest BCUT2D eigenvalue weighted by Gasteiger charge is 2.35. The zero-order chi connectivity index (χ0) is 17.4. The van der Waals surface area contributed by atoms with Crippen LogP contribution in [-0.4, -0.2) is 51.5 Å². The van der Waals surface area contributed by atoms with E-state index in [0.29, 0.717) is 44.3 Å². The minimum absolute atomic E-state index is 0.330. The number of nitrogens with zero attached hydrogens (tertiary/aromatic N) is 4. The summed E-state index contributed by atoms with van der Waals surface area (Å²) >= 11 is 0. The fraction of sp³-hybridized carbons (Fsp3) is 0.824. The third kappa shape index (κ3) is 3.63. The van der Waals surface area contributed by atoms with E-state index in [1.807, 2.05) is 10.7 Å². The molecule has 3 aliphatic rings. The van der Waals surface area contributed by atoms with E-state index in [1.54, 1.807) is 8.61 Å². The number of aryl methyl sites for hydroxylation is 1. The van der Waals surface area contributed by atoms with Gasteiger partial charge in [-0.3, -0.25) is 4.68 Å². The molecule has 0 radical (unpaired) electrons. The summed E-state index contributed by atoms with van der Waals surface area (Å²) in [5.41, 5.74) is 1.59. The average molecular weight is 369 g/mol. The Hall–Kier alpha value is -0.960.